The Morgan fingerprint density at radius 3 is 2.81 bits per heavy atom. The van der Waals surface area contributed by atoms with Crippen LogP contribution in [0.3, 0.4) is 0 Å². The van der Waals surface area contributed by atoms with Gasteiger partial charge in [0, 0.05) is 25.3 Å². The summed E-state index contributed by atoms with van der Waals surface area (Å²) in [7, 11) is 0. The zero-order valence-electron chi connectivity index (χ0n) is 9.05. The van der Waals surface area contributed by atoms with Crippen molar-refractivity contribution < 1.29 is 19.8 Å². The molecule has 7 heteroatoms. The Hall–Kier alpha value is -0.950. The van der Waals surface area contributed by atoms with Crippen molar-refractivity contribution in [1.82, 2.24) is 10.2 Å². The normalized spacial score (nSPS) is 24.5. The number of nitrogens with one attached hydrogen (secondary N) is 1. The van der Waals surface area contributed by atoms with Gasteiger partial charge >= 0.3 is 12.0 Å². The quantitative estimate of drug-likeness (QED) is 0.588. The maximum Gasteiger partial charge on any atom is 0.326 e. The van der Waals surface area contributed by atoms with Gasteiger partial charge in [-0.1, -0.05) is 0 Å². The molecular formula is C9H16N2O4S. The lowest BCUT2D eigenvalue weighted by Crippen LogP contribution is -2.46. The van der Waals surface area contributed by atoms with Gasteiger partial charge in [-0.2, -0.15) is 11.8 Å². The Morgan fingerprint density at radius 1 is 1.56 bits per heavy atom. The van der Waals surface area contributed by atoms with Gasteiger partial charge in [0.25, 0.3) is 0 Å². The van der Waals surface area contributed by atoms with Crippen molar-refractivity contribution in [3.05, 3.63) is 0 Å². The van der Waals surface area contributed by atoms with Gasteiger partial charge in [-0.15, -0.1) is 0 Å². The first-order valence-electron chi connectivity index (χ1n) is 5.00. The average molecular weight is 248 g/mol. The van der Waals surface area contributed by atoms with Gasteiger partial charge in [0.2, 0.25) is 0 Å². The van der Waals surface area contributed by atoms with Crippen LogP contribution in [0, 0.1) is 0 Å². The summed E-state index contributed by atoms with van der Waals surface area (Å²) in [5.74, 6) is -0.295. The molecule has 2 amide bonds. The molecule has 0 unspecified atom stereocenters. The molecule has 0 radical (unpaired) electrons. The predicted molar refractivity (Wildman–Crippen MR) is 60.5 cm³/mol. The number of hydrogen-bond acceptors (Lipinski definition) is 4. The summed E-state index contributed by atoms with van der Waals surface area (Å²) >= 11 is 1.59. The van der Waals surface area contributed by atoms with Crippen LogP contribution in [0.2, 0.25) is 0 Å². The maximum atomic E-state index is 11.6. The van der Waals surface area contributed by atoms with Gasteiger partial charge in [-0.3, -0.25) is 0 Å². The van der Waals surface area contributed by atoms with Crippen molar-refractivity contribution >= 4 is 23.8 Å². The molecule has 1 saturated heterocycles. The number of hydrogen-bond donors (Lipinski definition) is 3. The van der Waals surface area contributed by atoms with Crippen molar-refractivity contribution in [2.75, 3.05) is 25.1 Å². The highest BCUT2D eigenvalue weighted by atomic mass is 32.2. The van der Waals surface area contributed by atoms with Gasteiger partial charge in [0.1, 0.15) is 6.04 Å². The Morgan fingerprint density at radius 2 is 2.25 bits per heavy atom. The number of β-amino-alcohol motifs (C(OH)–C–C–N with tert-alkyl or cyclic N) is 1. The maximum absolute atomic E-state index is 11.6. The summed E-state index contributed by atoms with van der Waals surface area (Å²) in [6, 6.07) is -1.33. The molecule has 0 aromatic carbocycles. The van der Waals surface area contributed by atoms with Crippen LogP contribution in [0.15, 0.2) is 0 Å². The molecule has 92 valence electrons. The number of aliphatic hydroxyl groups is 1. The summed E-state index contributed by atoms with van der Waals surface area (Å²) in [5, 5.41) is 20.9. The van der Waals surface area contributed by atoms with Gasteiger partial charge in [-0.05, 0) is 6.26 Å². The first kappa shape index (κ1) is 13.1. The molecule has 0 aromatic rings. The average Bonchev–Trinajstić information content (AvgIpc) is 2.61. The van der Waals surface area contributed by atoms with Crippen molar-refractivity contribution in [3.8, 4) is 0 Å². The van der Waals surface area contributed by atoms with Crippen LogP contribution in [-0.2, 0) is 4.79 Å². The molecule has 0 saturated carbocycles. The second kappa shape index (κ2) is 5.95. The van der Waals surface area contributed by atoms with Crippen LogP contribution in [0.5, 0.6) is 0 Å². The number of urea groups is 1. The number of nitrogens with zero attached hydrogens (tertiary/aromatic N) is 1. The van der Waals surface area contributed by atoms with E-state index in [1.54, 1.807) is 11.8 Å². The van der Waals surface area contributed by atoms with E-state index in [0.717, 1.165) is 5.75 Å². The van der Waals surface area contributed by atoms with E-state index in [-0.39, 0.29) is 13.0 Å². The third-order valence-electron chi connectivity index (χ3n) is 2.41. The molecule has 1 heterocycles. The zero-order chi connectivity index (χ0) is 12.1. The topological polar surface area (TPSA) is 89.9 Å². The van der Waals surface area contributed by atoms with Crippen molar-refractivity contribution in [1.29, 1.82) is 0 Å². The molecule has 3 N–H and O–H groups in total. The van der Waals surface area contributed by atoms with Crippen molar-refractivity contribution in [2.45, 2.75) is 18.6 Å². The van der Waals surface area contributed by atoms with Crippen LogP contribution in [0.25, 0.3) is 0 Å². The molecule has 0 aromatic heterocycles. The Bertz CT molecular complexity index is 274. The van der Waals surface area contributed by atoms with Crippen molar-refractivity contribution in [2.24, 2.45) is 0 Å². The number of thioether (sulfide) groups is 1. The van der Waals surface area contributed by atoms with Crippen LogP contribution < -0.4 is 5.32 Å². The second-order valence-corrected chi connectivity index (χ2v) is 4.61. The minimum Gasteiger partial charge on any atom is -0.480 e. The monoisotopic (exact) mass is 248 g/mol. The summed E-state index contributed by atoms with van der Waals surface area (Å²) < 4.78 is 0. The number of carboxylic acid groups (broad SMARTS) is 1. The van der Waals surface area contributed by atoms with E-state index in [9.17, 15) is 14.7 Å². The van der Waals surface area contributed by atoms with Gasteiger partial charge in [0.05, 0.1) is 6.10 Å². The molecule has 6 nitrogen and oxygen atoms in total. The van der Waals surface area contributed by atoms with E-state index in [1.807, 2.05) is 6.26 Å². The lowest BCUT2D eigenvalue weighted by atomic mass is 10.2. The Balaban J connectivity index is 2.50. The Kier molecular flexibility index (Phi) is 4.88. The number of carbonyl (C=O) groups excluding carboxylic acids is 1. The highest BCUT2D eigenvalue weighted by molar-refractivity contribution is 7.98. The lowest BCUT2D eigenvalue weighted by Gasteiger charge is -2.21. The molecule has 0 aliphatic carbocycles. The number of carbonyl (C=O) groups is 2. The number of aliphatic carboxylic acids is 1. The summed E-state index contributed by atoms with van der Waals surface area (Å²) in [6.07, 6.45) is 1.28. The summed E-state index contributed by atoms with van der Waals surface area (Å²) in [5.41, 5.74) is 0. The minimum atomic E-state index is -1.07. The zero-order valence-corrected chi connectivity index (χ0v) is 9.87. The second-order valence-electron chi connectivity index (χ2n) is 3.62. The molecule has 16 heavy (non-hydrogen) atoms. The van der Waals surface area contributed by atoms with E-state index in [4.69, 9.17) is 5.11 Å². The van der Waals surface area contributed by atoms with Gasteiger partial charge in [-0.25, -0.2) is 9.59 Å². The van der Waals surface area contributed by atoms with Gasteiger partial charge < -0.3 is 20.4 Å². The number of amides is 2. The molecular weight excluding hydrogens is 232 g/mol. The molecule has 1 aliphatic rings. The van der Waals surface area contributed by atoms with E-state index >= 15 is 0 Å². The number of rotatable bonds is 4. The highest BCUT2D eigenvalue weighted by Gasteiger charge is 2.38. The summed E-state index contributed by atoms with van der Waals surface area (Å²) in [6.45, 7) is 0.584. The first-order chi connectivity index (χ1) is 7.56. The molecule has 1 fully saturated rings. The number of likely N-dealkylation sites (tertiary alicyclic amines) is 1. The number of aliphatic hydroxyl groups excluding tert-OH is 1. The first-order valence-corrected chi connectivity index (χ1v) is 6.40. The van der Waals surface area contributed by atoms with E-state index in [0.29, 0.717) is 6.54 Å². The SMILES string of the molecule is CSCCNC(=O)N1C[C@@H](O)C[C@H]1C(=O)O. The molecule has 0 bridgehead atoms. The van der Waals surface area contributed by atoms with Crippen LogP contribution >= 0.6 is 11.8 Å². The number of carboxylic acids is 1. The summed E-state index contributed by atoms with van der Waals surface area (Å²) in [4.78, 5) is 23.6. The van der Waals surface area contributed by atoms with Crippen LogP contribution in [0.1, 0.15) is 6.42 Å². The van der Waals surface area contributed by atoms with E-state index < -0.39 is 24.1 Å². The minimum absolute atomic E-state index is 0.0854. The fraction of sp³-hybridized carbons (Fsp3) is 0.778. The van der Waals surface area contributed by atoms with Crippen LogP contribution in [0.4, 0.5) is 4.79 Å². The van der Waals surface area contributed by atoms with Gasteiger partial charge in [0.15, 0.2) is 0 Å². The van der Waals surface area contributed by atoms with E-state index in [2.05, 4.69) is 5.32 Å². The van der Waals surface area contributed by atoms with E-state index in [1.165, 1.54) is 4.90 Å². The fourth-order valence-corrected chi connectivity index (χ4v) is 1.94. The third-order valence-corrected chi connectivity index (χ3v) is 3.02. The lowest BCUT2D eigenvalue weighted by molar-refractivity contribution is -0.141. The Labute approximate surface area is 98.0 Å². The molecule has 0 spiro atoms. The predicted octanol–water partition coefficient (Wildman–Crippen LogP) is -0.421. The van der Waals surface area contributed by atoms with Crippen LogP contribution in [-0.4, -0.2) is 64.4 Å². The third kappa shape index (κ3) is 3.28. The fourth-order valence-electron chi connectivity index (χ4n) is 1.63. The molecule has 2 atom stereocenters. The molecule has 1 aliphatic heterocycles. The highest BCUT2D eigenvalue weighted by Crippen LogP contribution is 2.17. The molecule has 1 rings (SSSR count). The standard InChI is InChI=1S/C9H16N2O4S/c1-16-3-2-10-9(15)11-5-6(12)4-7(11)8(13)14/h6-7,12H,2-5H2,1H3,(H,10,15)(H,13,14)/t6-,7-/m0/s1. The largest absolute Gasteiger partial charge is 0.480 e. The smallest absolute Gasteiger partial charge is 0.326 e. The van der Waals surface area contributed by atoms with Crippen molar-refractivity contribution in [3.63, 3.8) is 0 Å².